The first-order valence-electron chi connectivity index (χ1n) is 4.32. The molecule has 0 radical (unpaired) electrons. The van der Waals surface area contributed by atoms with Crippen LogP contribution in [0.1, 0.15) is 25.7 Å². The van der Waals surface area contributed by atoms with E-state index in [1.807, 2.05) is 0 Å². The molecule has 0 aromatic heterocycles. The van der Waals surface area contributed by atoms with E-state index in [0.29, 0.717) is 6.04 Å². The molecular formula is C8H16N2O. The molecule has 0 aromatic rings. The molecule has 64 valence electrons. The fraction of sp³-hybridized carbons (Fsp3) is 1.00. The van der Waals surface area contributed by atoms with Crippen molar-refractivity contribution in [3.8, 4) is 0 Å². The van der Waals surface area contributed by atoms with Crippen molar-refractivity contribution in [1.29, 1.82) is 0 Å². The predicted molar refractivity (Wildman–Crippen MR) is 42.9 cm³/mol. The van der Waals surface area contributed by atoms with Crippen LogP contribution in [0.3, 0.4) is 0 Å². The van der Waals surface area contributed by atoms with Crippen molar-refractivity contribution >= 4 is 0 Å². The molecule has 2 bridgehead atoms. The first kappa shape index (κ1) is 7.53. The molecule has 2 heterocycles. The van der Waals surface area contributed by atoms with Crippen molar-refractivity contribution < 1.29 is 5.11 Å². The summed E-state index contributed by atoms with van der Waals surface area (Å²) >= 11 is 0. The number of rotatable bonds is 0. The number of piperidine rings is 1. The van der Waals surface area contributed by atoms with Crippen molar-refractivity contribution in [2.24, 2.45) is 5.73 Å². The summed E-state index contributed by atoms with van der Waals surface area (Å²) < 4.78 is 0. The summed E-state index contributed by atoms with van der Waals surface area (Å²) in [6.07, 6.45) is 3.70. The minimum atomic E-state index is -0.192. The molecule has 0 saturated carbocycles. The van der Waals surface area contributed by atoms with Gasteiger partial charge in [0.25, 0.3) is 0 Å². The van der Waals surface area contributed by atoms with E-state index in [0.717, 1.165) is 25.7 Å². The summed E-state index contributed by atoms with van der Waals surface area (Å²) in [5.41, 5.74) is 5.91. The van der Waals surface area contributed by atoms with Crippen molar-refractivity contribution in [3.63, 3.8) is 0 Å². The Morgan fingerprint density at radius 1 is 1.64 bits per heavy atom. The first-order chi connectivity index (χ1) is 5.12. The maximum atomic E-state index is 9.47. The molecule has 0 aromatic carbocycles. The topological polar surface area (TPSA) is 49.5 Å². The van der Waals surface area contributed by atoms with Gasteiger partial charge in [-0.05, 0) is 26.3 Å². The number of hydrogen-bond donors (Lipinski definition) is 2. The molecule has 2 aliphatic rings. The van der Waals surface area contributed by atoms with Crippen LogP contribution < -0.4 is 5.73 Å². The van der Waals surface area contributed by atoms with Gasteiger partial charge in [-0.2, -0.15) is 0 Å². The molecule has 3 unspecified atom stereocenters. The molecule has 0 amide bonds. The van der Waals surface area contributed by atoms with Gasteiger partial charge in [0.15, 0.2) is 0 Å². The highest BCUT2D eigenvalue weighted by atomic mass is 16.3. The van der Waals surface area contributed by atoms with Crippen LogP contribution in [-0.2, 0) is 0 Å². The van der Waals surface area contributed by atoms with Gasteiger partial charge in [-0.15, -0.1) is 0 Å². The Bertz CT molecular complexity index is 173. The van der Waals surface area contributed by atoms with Gasteiger partial charge in [0.05, 0.1) is 11.8 Å². The summed E-state index contributed by atoms with van der Waals surface area (Å²) in [6.45, 7) is 0. The van der Waals surface area contributed by atoms with Gasteiger partial charge in [0.1, 0.15) is 0 Å². The van der Waals surface area contributed by atoms with E-state index in [9.17, 15) is 5.11 Å². The molecule has 3 nitrogen and oxygen atoms in total. The zero-order valence-electron chi connectivity index (χ0n) is 6.95. The normalized spacial score (nSPS) is 51.5. The van der Waals surface area contributed by atoms with E-state index in [-0.39, 0.29) is 11.8 Å². The molecule has 2 rings (SSSR count). The van der Waals surface area contributed by atoms with Crippen LogP contribution in [0.4, 0.5) is 0 Å². The second-order valence-electron chi connectivity index (χ2n) is 4.00. The second-order valence-corrected chi connectivity index (χ2v) is 4.00. The highest BCUT2D eigenvalue weighted by molar-refractivity contribution is 5.01. The molecule has 3 heteroatoms. The third kappa shape index (κ3) is 0.991. The SMILES string of the molecule is CN1C2CCC1(N)CC(O)C2. The molecular weight excluding hydrogens is 140 g/mol. The number of nitrogens with two attached hydrogens (primary N) is 1. The van der Waals surface area contributed by atoms with E-state index < -0.39 is 0 Å². The maximum absolute atomic E-state index is 9.47. The van der Waals surface area contributed by atoms with Crippen molar-refractivity contribution in [3.05, 3.63) is 0 Å². The maximum Gasteiger partial charge on any atom is 0.0712 e. The Morgan fingerprint density at radius 3 is 3.00 bits per heavy atom. The highest BCUT2D eigenvalue weighted by Gasteiger charge is 2.46. The lowest BCUT2D eigenvalue weighted by Crippen LogP contribution is -2.57. The third-order valence-corrected chi connectivity index (χ3v) is 3.29. The quantitative estimate of drug-likeness (QED) is 0.514. The molecule has 2 fully saturated rings. The fourth-order valence-corrected chi connectivity index (χ4v) is 2.48. The van der Waals surface area contributed by atoms with Gasteiger partial charge < -0.3 is 10.8 Å². The minimum Gasteiger partial charge on any atom is -0.393 e. The Kier molecular flexibility index (Phi) is 1.50. The zero-order valence-corrected chi connectivity index (χ0v) is 6.95. The van der Waals surface area contributed by atoms with E-state index in [1.54, 1.807) is 0 Å². The van der Waals surface area contributed by atoms with Crippen LogP contribution in [0.5, 0.6) is 0 Å². The number of aliphatic hydroxyl groups is 1. The fourth-order valence-electron chi connectivity index (χ4n) is 2.48. The van der Waals surface area contributed by atoms with E-state index >= 15 is 0 Å². The van der Waals surface area contributed by atoms with Crippen molar-refractivity contribution in [1.82, 2.24) is 4.90 Å². The molecule has 2 aliphatic heterocycles. The Labute approximate surface area is 67.2 Å². The third-order valence-electron chi connectivity index (χ3n) is 3.29. The van der Waals surface area contributed by atoms with Crippen LogP contribution in [-0.4, -0.2) is 34.9 Å². The summed E-state index contributed by atoms with van der Waals surface area (Å²) in [5.74, 6) is 0. The lowest BCUT2D eigenvalue weighted by Gasteiger charge is -2.41. The van der Waals surface area contributed by atoms with Gasteiger partial charge in [-0.25, -0.2) is 0 Å². The van der Waals surface area contributed by atoms with Crippen LogP contribution in [0.2, 0.25) is 0 Å². The Morgan fingerprint density at radius 2 is 2.36 bits per heavy atom. The van der Waals surface area contributed by atoms with Crippen LogP contribution >= 0.6 is 0 Å². The van der Waals surface area contributed by atoms with Gasteiger partial charge in [0, 0.05) is 12.5 Å². The molecule has 0 aliphatic carbocycles. The van der Waals surface area contributed by atoms with Gasteiger partial charge in [0.2, 0.25) is 0 Å². The molecule has 0 spiro atoms. The monoisotopic (exact) mass is 156 g/mol. The number of hydrogen-bond acceptors (Lipinski definition) is 3. The lowest BCUT2D eigenvalue weighted by atomic mass is 9.96. The van der Waals surface area contributed by atoms with Gasteiger partial charge in [-0.1, -0.05) is 0 Å². The standard InChI is InChI=1S/C8H16N2O/c1-10-6-2-3-8(10,9)5-7(11)4-6/h6-7,11H,2-5,9H2,1H3. The number of fused-ring (bicyclic) bond motifs is 2. The van der Waals surface area contributed by atoms with E-state index in [1.165, 1.54) is 0 Å². The van der Waals surface area contributed by atoms with Crippen molar-refractivity contribution in [2.45, 2.75) is 43.5 Å². The molecule has 3 N–H and O–H groups in total. The van der Waals surface area contributed by atoms with E-state index in [4.69, 9.17) is 5.73 Å². The second kappa shape index (κ2) is 2.19. The predicted octanol–water partition coefficient (Wildman–Crippen LogP) is -0.110. The van der Waals surface area contributed by atoms with Gasteiger partial charge in [-0.3, -0.25) is 4.90 Å². The summed E-state index contributed by atoms with van der Waals surface area (Å²) in [5, 5.41) is 9.47. The first-order valence-corrected chi connectivity index (χ1v) is 4.32. The minimum absolute atomic E-state index is 0.163. The largest absolute Gasteiger partial charge is 0.393 e. The smallest absolute Gasteiger partial charge is 0.0712 e. The molecule has 2 saturated heterocycles. The molecule has 11 heavy (non-hydrogen) atoms. The zero-order chi connectivity index (χ0) is 8.06. The number of nitrogens with zero attached hydrogens (tertiary/aromatic N) is 1. The highest BCUT2D eigenvalue weighted by Crippen LogP contribution is 2.39. The summed E-state index contributed by atoms with van der Waals surface area (Å²) in [7, 11) is 2.07. The lowest BCUT2D eigenvalue weighted by molar-refractivity contribution is -0.000417. The van der Waals surface area contributed by atoms with Crippen LogP contribution in [0.15, 0.2) is 0 Å². The van der Waals surface area contributed by atoms with Crippen molar-refractivity contribution in [2.75, 3.05) is 7.05 Å². The Hall–Kier alpha value is -0.120. The molecule has 3 atom stereocenters. The number of aliphatic hydroxyl groups excluding tert-OH is 1. The van der Waals surface area contributed by atoms with E-state index in [2.05, 4.69) is 11.9 Å². The average molecular weight is 156 g/mol. The summed E-state index contributed by atoms with van der Waals surface area (Å²) in [4.78, 5) is 2.24. The van der Waals surface area contributed by atoms with Gasteiger partial charge >= 0.3 is 0 Å². The van der Waals surface area contributed by atoms with Crippen LogP contribution in [0, 0.1) is 0 Å². The Balaban J connectivity index is 2.20. The van der Waals surface area contributed by atoms with Crippen LogP contribution in [0.25, 0.3) is 0 Å². The summed E-state index contributed by atoms with van der Waals surface area (Å²) in [6, 6.07) is 0.531. The average Bonchev–Trinajstić information content (AvgIpc) is 2.17.